The van der Waals surface area contributed by atoms with Crippen molar-refractivity contribution < 1.29 is 4.42 Å². The Labute approximate surface area is 153 Å². The van der Waals surface area contributed by atoms with Gasteiger partial charge in [0.15, 0.2) is 0 Å². The van der Waals surface area contributed by atoms with Crippen LogP contribution in [-0.4, -0.2) is 13.1 Å². The van der Waals surface area contributed by atoms with Crippen LogP contribution in [0, 0.1) is 11.3 Å². The quantitative estimate of drug-likeness (QED) is 0.580. The van der Waals surface area contributed by atoms with Crippen molar-refractivity contribution in [2.24, 2.45) is 0 Å². The first-order chi connectivity index (χ1) is 11.1. The van der Waals surface area contributed by atoms with Crippen LogP contribution in [0.25, 0.3) is 11.6 Å². The molecule has 1 aromatic carbocycles. The zero-order valence-corrected chi connectivity index (χ0v) is 15.2. The van der Waals surface area contributed by atoms with Crippen LogP contribution in [0.4, 0.5) is 5.88 Å². The maximum Gasteiger partial charge on any atom is 0.210 e. The van der Waals surface area contributed by atoms with Gasteiger partial charge in [-0.15, -0.1) is 0 Å². The predicted octanol–water partition coefficient (Wildman–Crippen LogP) is 6.01. The van der Waals surface area contributed by atoms with E-state index in [9.17, 15) is 5.26 Å². The van der Waals surface area contributed by atoms with E-state index in [4.69, 9.17) is 27.6 Å². The third-order valence-corrected chi connectivity index (χ3v) is 4.83. The van der Waals surface area contributed by atoms with Crippen LogP contribution in [0.1, 0.15) is 24.2 Å². The van der Waals surface area contributed by atoms with E-state index in [0.29, 0.717) is 26.9 Å². The average molecular weight is 412 g/mol. The summed E-state index contributed by atoms with van der Waals surface area (Å²) < 4.78 is 6.79. The SMILES string of the molecule is N#C/C(=C/c1cc(Br)c(N2CCCC2)o1)c1ccc(Cl)cc1Cl. The van der Waals surface area contributed by atoms with Crippen LogP contribution in [0.15, 0.2) is 33.2 Å². The fourth-order valence-corrected chi connectivity index (χ4v) is 3.67. The van der Waals surface area contributed by atoms with E-state index in [1.807, 2.05) is 6.07 Å². The van der Waals surface area contributed by atoms with Crippen molar-refractivity contribution in [1.82, 2.24) is 0 Å². The second-order valence-electron chi connectivity index (χ2n) is 5.29. The Morgan fingerprint density at radius 3 is 2.65 bits per heavy atom. The minimum atomic E-state index is 0.431. The van der Waals surface area contributed by atoms with Crippen LogP contribution in [0.2, 0.25) is 10.0 Å². The highest BCUT2D eigenvalue weighted by Crippen LogP contribution is 2.35. The monoisotopic (exact) mass is 410 g/mol. The summed E-state index contributed by atoms with van der Waals surface area (Å²) in [4.78, 5) is 2.20. The number of furan rings is 1. The normalized spacial score (nSPS) is 15.0. The Morgan fingerprint density at radius 1 is 1.26 bits per heavy atom. The highest BCUT2D eigenvalue weighted by molar-refractivity contribution is 9.10. The summed E-state index contributed by atoms with van der Waals surface area (Å²) in [5.41, 5.74) is 1.06. The zero-order chi connectivity index (χ0) is 16.4. The first kappa shape index (κ1) is 16.4. The number of hydrogen-bond acceptors (Lipinski definition) is 3. The first-order valence-electron chi connectivity index (χ1n) is 7.20. The molecule has 1 aromatic heterocycles. The summed E-state index contributed by atoms with van der Waals surface area (Å²) >= 11 is 15.6. The maximum absolute atomic E-state index is 9.45. The predicted molar refractivity (Wildman–Crippen MR) is 97.8 cm³/mol. The van der Waals surface area contributed by atoms with Gasteiger partial charge in [-0.3, -0.25) is 0 Å². The number of rotatable bonds is 3. The molecule has 6 heteroatoms. The molecule has 0 bridgehead atoms. The molecule has 0 unspecified atom stereocenters. The Morgan fingerprint density at radius 2 is 2.00 bits per heavy atom. The van der Waals surface area contributed by atoms with Crippen molar-refractivity contribution in [2.45, 2.75) is 12.8 Å². The minimum absolute atomic E-state index is 0.431. The maximum atomic E-state index is 9.45. The molecular weight excluding hydrogens is 399 g/mol. The summed E-state index contributed by atoms with van der Waals surface area (Å²) in [6.45, 7) is 1.98. The summed E-state index contributed by atoms with van der Waals surface area (Å²) in [6.07, 6.45) is 4.03. The molecule has 1 fully saturated rings. The van der Waals surface area contributed by atoms with E-state index in [1.165, 1.54) is 12.8 Å². The Balaban J connectivity index is 1.95. The molecule has 0 aliphatic carbocycles. The molecule has 3 nitrogen and oxygen atoms in total. The molecule has 0 saturated carbocycles. The van der Waals surface area contributed by atoms with Crippen molar-refractivity contribution >= 4 is 56.7 Å². The molecule has 1 aliphatic rings. The van der Waals surface area contributed by atoms with Crippen molar-refractivity contribution in [3.8, 4) is 6.07 Å². The zero-order valence-electron chi connectivity index (χ0n) is 12.2. The van der Waals surface area contributed by atoms with Crippen molar-refractivity contribution in [2.75, 3.05) is 18.0 Å². The molecule has 2 aromatic rings. The average Bonchev–Trinajstić information content (AvgIpc) is 3.14. The summed E-state index contributed by atoms with van der Waals surface area (Å²) in [7, 11) is 0. The highest BCUT2D eigenvalue weighted by atomic mass is 79.9. The third kappa shape index (κ3) is 3.58. The van der Waals surface area contributed by atoms with Gasteiger partial charge in [-0.25, -0.2) is 0 Å². The Bertz CT molecular complexity index is 801. The number of nitriles is 1. The smallest absolute Gasteiger partial charge is 0.210 e. The van der Waals surface area contributed by atoms with Crippen LogP contribution < -0.4 is 4.90 Å². The lowest BCUT2D eigenvalue weighted by atomic mass is 10.1. The molecular formula is C17H13BrCl2N2O. The van der Waals surface area contributed by atoms with E-state index in [1.54, 1.807) is 24.3 Å². The largest absolute Gasteiger partial charge is 0.440 e. The molecule has 0 amide bonds. The van der Waals surface area contributed by atoms with Crippen LogP contribution in [0.5, 0.6) is 0 Å². The molecule has 3 rings (SSSR count). The van der Waals surface area contributed by atoms with Gasteiger partial charge in [0, 0.05) is 29.7 Å². The molecule has 2 heterocycles. The van der Waals surface area contributed by atoms with Gasteiger partial charge in [0.2, 0.25) is 5.88 Å². The molecule has 0 spiro atoms. The van der Waals surface area contributed by atoms with Crippen LogP contribution in [-0.2, 0) is 0 Å². The number of halogens is 3. The van der Waals surface area contributed by atoms with Crippen LogP contribution >= 0.6 is 39.1 Å². The number of anilines is 1. The molecule has 0 atom stereocenters. The van der Waals surface area contributed by atoms with Crippen molar-refractivity contribution in [1.29, 1.82) is 5.26 Å². The van der Waals surface area contributed by atoms with Gasteiger partial charge in [-0.05, 0) is 47.0 Å². The van der Waals surface area contributed by atoms with Gasteiger partial charge in [-0.1, -0.05) is 29.3 Å². The van der Waals surface area contributed by atoms with Crippen molar-refractivity contribution in [3.05, 3.63) is 50.1 Å². The topological polar surface area (TPSA) is 40.2 Å². The van der Waals surface area contributed by atoms with Gasteiger partial charge in [0.05, 0.1) is 21.1 Å². The minimum Gasteiger partial charge on any atom is -0.440 e. The van der Waals surface area contributed by atoms with E-state index >= 15 is 0 Å². The first-order valence-corrected chi connectivity index (χ1v) is 8.75. The number of allylic oxidation sites excluding steroid dienone is 1. The fraction of sp³-hybridized carbons (Fsp3) is 0.235. The standard InChI is InChI=1S/C17H13BrCl2N2O/c18-15-9-13(23-17(15)22-5-1-2-6-22)7-11(10-21)14-4-3-12(19)8-16(14)20/h3-4,7-9H,1-2,5-6H2/b11-7-. The lowest BCUT2D eigenvalue weighted by molar-refractivity contribution is 0.546. The van der Waals surface area contributed by atoms with E-state index < -0.39 is 0 Å². The second-order valence-corrected chi connectivity index (χ2v) is 6.99. The summed E-state index contributed by atoms with van der Waals surface area (Å²) in [6, 6.07) is 9.11. The van der Waals surface area contributed by atoms with Crippen molar-refractivity contribution in [3.63, 3.8) is 0 Å². The molecule has 1 aliphatic heterocycles. The number of benzene rings is 1. The van der Waals surface area contributed by atoms with Gasteiger partial charge >= 0.3 is 0 Å². The van der Waals surface area contributed by atoms with Gasteiger partial charge < -0.3 is 9.32 Å². The molecule has 118 valence electrons. The highest BCUT2D eigenvalue weighted by Gasteiger charge is 2.19. The molecule has 0 N–H and O–H groups in total. The van der Waals surface area contributed by atoms with Gasteiger partial charge in [0.1, 0.15) is 5.76 Å². The molecule has 1 saturated heterocycles. The summed E-state index contributed by atoms with van der Waals surface area (Å²) in [5.74, 6) is 1.43. The lowest BCUT2D eigenvalue weighted by Gasteiger charge is -2.13. The third-order valence-electron chi connectivity index (χ3n) is 3.71. The summed E-state index contributed by atoms with van der Waals surface area (Å²) in [5, 5.41) is 10.4. The van der Waals surface area contributed by atoms with E-state index in [2.05, 4.69) is 26.9 Å². The Hall–Kier alpha value is -1.41. The van der Waals surface area contributed by atoms with Gasteiger partial charge in [-0.2, -0.15) is 5.26 Å². The molecule has 23 heavy (non-hydrogen) atoms. The lowest BCUT2D eigenvalue weighted by Crippen LogP contribution is -2.17. The number of hydrogen-bond donors (Lipinski definition) is 0. The number of nitrogens with zero attached hydrogens (tertiary/aromatic N) is 2. The Kier molecular flexibility index (Phi) is 5.01. The fourth-order valence-electron chi connectivity index (χ4n) is 2.60. The van der Waals surface area contributed by atoms with E-state index in [0.717, 1.165) is 23.4 Å². The second kappa shape index (κ2) is 7.00. The molecule has 0 radical (unpaired) electrons. The van der Waals surface area contributed by atoms with E-state index in [-0.39, 0.29) is 0 Å². The van der Waals surface area contributed by atoms with Crippen LogP contribution in [0.3, 0.4) is 0 Å². The van der Waals surface area contributed by atoms with Gasteiger partial charge in [0.25, 0.3) is 0 Å².